The average Bonchev–Trinajstić information content (AvgIpc) is 2.58. The van der Waals surface area contributed by atoms with Gasteiger partial charge in [0.05, 0.1) is 18.1 Å². The van der Waals surface area contributed by atoms with Crippen LogP contribution in [0, 0.1) is 5.82 Å². The Morgan fingerprint density at radius 1 is 1.00 bits per heavy atom. The Bertz CT molecular complexity index is 683. The molecule has 0 bridgehead atoms. The molecule has 0 unspecified atom stereocenters. The summed E-state index contributed by atoms with van der Waals surface area (Å²) in [5.74, 6) is 0.307. The van der Waals surface area contributed by atoms with E-state index in [0.717, 1.165) is 26.2 Å². The maximum Gasteiger partial charge on any atom is 0.323 e. The molecule has 2 N–H and O–H groups in total. The number of nitrogens with zero attached hydrogens (tertiary/aromatic N) is 4. The van der Waals surface area contributed by atoms with Gasteiger partial charge in [-0.15, -0.1) is 0 Å². The number of piperazine rings is 1. The zero-order chi connectivity index (χ0) is 16.9. The van der Waals surface area contributed by atoms with Gasteiger partial charge in [-0.2, -0.15) is 0 Å². The molecule has 1 aromatic heterocycles. The van der Waals surface area contributed by atoms with Crippen LogP contribution in [0.25, 0.3) is 0 Å². The number of urea groups is 1. The Hall–Kier alpha value is -2.74. The van der Waals surface area contributed by atoms with E-state index < -0.39 is 6.03 Å². The summed E-state index contributed by atoms with van der Waals surface area (Å²) >= 11 is 0. The minimum atomic E-state index is -0.433. The molecule has 24 heavy (non-hydrogen) atoms. The van der Waals surface area contributed by atoms with Crippen LogP contribution in [0.4, 0.5) is 26.5 Å². The Balaban J connectivity index is 1.55. The number of carbonyl (C=O) groups excluding carboxylic acids is 1. The van der Waals surface area contributed by atoms with Crippen LogP contribution < -0.4 is 15.5 Å². The number of hydrogen-bond donors (Lipinski definition) is 2. The second kappa shape index (κ2) is 7.22. The summed E-state index contributed by atoms with van der Waals surface area (Å²) in [7, 11) is 2.09. The van der Waals surface area contributed by atoms with Gasteiger partial charge in [0.25, 0.3) is 0 Å². The third kappa shape index (κ3) is 4.17. The number of nitrogens with one attached hydrogen (secondary N) is 2. The maximum atomic E-state index is 12.8. The van der Waals surface area contributed by atoms with Gasteiger partial charge < -0.3 is 20.4 Å². The summed E-state index contributed by atoms with van der Waals surface area (Å²) in [6.45, 7) is 3.72. The summed E-state index contributed by atoms with van der Waals surface area (Å²) in [5, 5.41) is 5.26. The van der Waals surface area contributed by atoms with Crippen LogP contribution in [0.5, 0.6) is 0 Å². The second-order valence-electron chi connectivity index (χ2n) is 5.65. The predicted molar refractivity (Wildman–Crippen MR) is 90.8 cm³/mol. The first-order chi connectivity index (χ1) is 11.6. The van der Waals surface area contributed by atoms with Crippen molar-refractivity contribution < 1.29 is 9.18 Å². The van der Waals surface area contributed by atoms with Crippen LogP contribution in [-0.4, -0.2) is 54.1 Å². The average molecular weight is 330 g/mol. The van der Waals surface area contributed by atoms with Crippen molar-refractivity contribution in [2.24, 2.45) is 0 Å². The monoisotopic (exact) mass is 330 g/mol. The molecule has 0 aliphatic carbocycles. The summed E-state index contributed by atoms with van der Waals surface area (Å²) in [6.07, 6.45) is 3.15. The van der Waals surface area contributed by atoms with Crippen LogP contribution in [0.15, 0.2) is 36.7 Å². The second-order valence-corrected chi connectivity index (χ2v) is 5.65. The van der Waals surface area contributed by atoms with Crippen molar-refractivity contribution in [3.05, 3.63) is 42.5 Å². The fourth-order valence-electron chi connectivity index (χ4n) is 2.38. The lowest BCUT2D eigenvalue weighted by Crippen LogP contribution is -2.45. The van der Waals surface area contributed by atoms with E-state index in [1.165, 1.54) is 24.3 Å². The number of benzene rings is 1. The smallest absolute Gasteiger partial charge is 0.323 e. The molecule has 0 saturated carbocycles. The number of halogens is 1. The van der Waals surface area contributed by atoms with Crippen molar-refractivity contribution in [3.63, 3.8) is 0 Å². The Morgan fingerprint density at radius 2 is 1.58 bits per heavy atom. The van der Waals surface area contributed by atoms with Crippen molar-refractivity contribution >= 4 is 23.4 Å². The van der Waals surface area contributed by atoms with Gasteiger partial charge in [-0.05, 0) is 31.3 Å². The topological polar surface area (TPSA) is 73.4 Å². The number of carbonyl (C=O) groups is 1. The number of rotatable bonds is 3. The van der Waals surface area contributed by atoms with Crippen LogP contribution >= 0.6 is 0 Å². The highest BCUT2D eigenvalue weighted by atomic mass is 19.1. The normalized spacial score (nSPS) is 15.2. The Labute approximate surface area is 139 Å². The molecule has 3 rings (SSSR count). The van der Waals surface area contributed by atoms with Crippen LogP contribution in [0.3, 0.4) is 0 Å². The van der Waals surface area contributed by atoms with Crippen molar-refractivity contribution in [1.82, 2.24) is 14.9 Å². The molecule has 2 heterocycles. The van der Waals surface area contributed by atoms with Crippen molar-refractivity contribution in [2.45, 2.75) is 0 Å². The van der Waals surface area contributed by atoms with E-state index >= 15 is 0 Å². The number of likely N-dealkylation sites (N-methyl/N-ethyl adjacent to an activating group) is 1. The van der Waals surface area contributed by atoms with E-state index in [-0.39, 0.29) is 5.82 Å². The third-order valence-corrected chi connectivity index (χ3v) is 3.78. The van der Waals surface area contributed by atoms with Gasteiger partial charge in [0.2, 0.25) is 5.95 Å². The van der Waals surface area contributed by atoms with Gasteiger partial charge in [0, 0.05) is 31.9 Å². The highest BCUT2D eigenvalue weighted by Crippen LogP contribution is 2.13. The highest BCUT2D eigenvalue weighted by Gasteiger charge is 2.16. The van der Waals surface area contributed by atoms with Crippen LogP contribution in [0.2, 0.25) is 0 Å². The first-order valence-electron chi connectivity index (χ1n) is 7.69. The molecule has 1 aliphatic rings. The lowest BCUT2D eigenvalue weighted by molar-refractivity contribution is 0.262. The van der Waals surface area contributed by atoms with Crippen molar-refractivity contribution in [1.29, 1.82) is 0 Å². The molecular formula is C16H19FN6O. The van der Waals surface area contributed by atoms with E-state index in [9.17, 15) is 9.18 Å². The van der Waals surface area contributed by atoms with Crippen molar-refractivity contribution in [2.75, 3.05) is 48.8 Å². The number of aromatic nitrogens is 2. The van der Waals surface area contributed by atoms with Gasteiger partial charge >= 0.3 is 6.03 Å². The van der Waals surface area contributed by atoms with Crippen LogP contribution in [0.1, 0.15) is 0 Å². The molecule has 0 atom stereocenters. The molecule has 0 spiro atoms. The van der Waals surface area contributed by atoms with Gasteiger partial charge in [0.15, 0.2) is 0 Å². The molecule has 0 radical (unpaired) electrons. The van der Waals surface area contributed by atoms with E-state index in [2.05, 4.69) is 37.4 Å². The highest BCUT2D eigenvalue weighted by molar-refractivity contribution is 5.99. The van der Waals surface area contributed by atoms with Gasteiger partial charge in [-0.3, -0.25) is 0 Å². The summed E-state index contributed by atoms with van der Waals surface area (Å²) in [6, 6.07) is 5.11. The summed E-state index contributed by atoms with van der Waals surface area (Å²) < 4.78 is 12.8. The van der Waals surface area contributed by atoms with Gasteiger partial charge in [0.1, 0.15) is 5.82 Å². The SMILES string of the molecule is CN1CCN(c2ncc(NC(=O)Nc3ccc(F)cc3)cn2)CC1. The number of amides is 2. The van der Waals surface area contributed by atoms with Gasteiger partial charge in [-0.25, -0.2) is 19.2 Å². The fourth-order valence-corrected chi connectivity index (χ4v) is 2.38. The molecular weight excluding hydrogens is 311 g/mol. The molecule has 126 valence electrons. The van der Waals surface area contributed by atoms with E-state index in [1.807, 2.05) is 0 Å². The van der Waals surface area contributed by atoms with Crippen LogP contribution in [-0.2, 0) is 0 Å². The standard InChI is InChI=1S/C16H19FN6O/c1-22-6-8-23(9-7-22)15-18-10-14(11-19-15)21-16(24)20-13-4-2-12(17)3-5-13/h2-5,10-11H,6-9H2,1H3,(H2,20,21,24). The predicted octanol–water partition coefficient (Wildman–Crippen LogP) is 2.01. The lowest BCUT2D eigenvalue weighted by Gasteiger charge is -2.32. The minimum absolute atomic E-state index is 0.353. The largest absolute Gasteiger partial charge is 0.338 e. The first-order valence-corrected chi connectivity index (χ1v) is 7.69. The van der Waals surface area contributed by atoms with E-state index in [4.69, 9.17) is 0 Å². The molecule has 1 aromatic carbocycles. The minimum Gasteiger partial charge on any atom is -0.338 e. The summed E-state index contributed by atoms with van der Waals surface area (Å²) in [5.41, 5.74) is 0.997. The number of anilines is 3. The van der Waals surface area contributed by atoms with Crippen molar-refractivity contribution in [3.8, 4) is 0 Å². The molecule has 7 nitrogen and oxygen atoms in total. The Morgan fingerprint density at radius 3 is 2.21 bits per heavy atom. The molecule has 2 amide bonds. The lowest BCUT2D eigenvalue weighted by atomic mass is 10.3. The molecule has 8 heteroatoms. The van der Waals surface area contributed by atoms with Gasteiger partial charge in [-0.1, -0.05) is 0 Å². The third-order valence-electron chi connectivity index (χ3n) is 3.78. The summed E-state index contributed by atoms with van der Waals surface area (Å²) in [4.78, 5) is 24.9. The Kier molecular flexibility index (Phi) is 4.85. The number of hydrogen-bond acceptors (Lipinski definition) is 5. The zero-order valence-electron chi connectivity index (χ0n) is 13.4. The molecule has 1 aliphatic heterocycles. The molecule has 2 aromatic rings. The maximum absolute atomic E-state index is 12.8. The van der Waals surface area contributed by atoms with E-state index in [1.54, 1.807) is 12.4 Å². The van der Waals surface area contributed by atoms with E-state index in [0.29, 0.717) is 17.3 Å². The molecule has 1 saturated heterocycles. The first kappa shape index (κ1) is 16.1. The zero-order valence-corrected chi connectivity index (χ0v) is 13.4. The molecule has 1 fully saturated rings. The quantitative estimate of drug-likeness (QED) is 0.901. The fraction of sp³-hybridized carbons (Fsp3) is 0.312.